The molecule has 3 aliphatic carbocycles. The number of thiol groups is 1. The van der Waals surface area contributed by atoms with Crippen LogP contribution in [0.4, 0.5) is 4.79 Å². The molecule has 0 heterocycles. The van der Waals surface area contributed by atoms with Gasteiger partial charge in [-0.15, -0.1) is 10.3 Å². The van der Waals surface area contributed by atoms with Crippen LogP contribution in [0.1, 0.15) is 103 Å². The van der Waals surface area contributed by atoms with E-state index in [2.05, 4.69) is 58.6 Å². The molecule has 10 radical (unpaired) electrons. The van der Waals surface area contributed by atoms with Crippen molar-refractivity contribution in [2.75, 3.05) is 25.6 Å². The largest absolute Gasteiger partial charge is 0.413 e. The summed E-state index contributed by atoms with van der Waals surface area (Å²) in [5.41, 5.74) is 1.61. The quantitative estimate of drug-likeness (QED) is 0.177. The highest BCUT2D eigenvalue weighted by atomic mass is 32.1. The molecule has 2 saturated carbocycles. The maximum Gasteiger partial charge on any atom is 0.413 e. The second kappa shape index (κ2) is 17.3. The second-order valence-corrected chi connectivity index (χ2v) is 15.8. The highest BCUT2D eigenvalue weighted by Gasteiger charge is 2.54. The average molecular weight is 659 g/mol. The number of carbonyl (C=O) groups excluding carboxylic acids is 1. The van der Waals surface area contributed by atoms with Crippen molar-refractivity contribution >= 4 is 58.0 Å². The maximum absolute atomic E-state index is 12.2. The number of hydrogen-bond donors (Lipinski definition) is 6. The number of nitrogens with one attached hydrogen (secondary N) is 1. The molecule has 0 saturated heterocycles. The number of benzene rings is 1. The van der Waals surface area contributed by atoms with Gasteiger partial charge in [-0.05, 0) is 103 Å². The van der Waals surface area contributed by atoms with Gasteiger partial charge in [0.1, 0.15) is 11.3 Å². The molecular formula is C34H54B5NO6S. The summed E-state index contributed by atoms with van der Waals surface area (Å²) in [5.74, 6) is 2.76. The molecule has 5 unspecified atom stereocenters. The fourth-order valence-corrected chi connectivity index (χ4v) is 6.96. The standard InChI is InChI=1S/C23H33NO6.C6H14.C5H7B5S/c1-22-9-8-17-16-5-3-15(30-21(29)24-23(11-25,12-26)13-27)10-14(16)2-4-18(17)19(22)6-7-20(22)28;1-5-6(2,3)4;6-4(7,2-1-3-11)5(8,9)10/h3,5,10,17-20,25-28H,2,4,6-9,11-13H2,1H3,(H,24,29);5H2,1-4H3;11H,1-3H2. The van der Waals surface area contributed by atoms with E-state index >= 15 is 0 Å². The molecule has 1 aromatic carbocycles. The number of carbonyl (C=O) groups is 1. The molecule has 47 heavy (non-hydrogen) atoms. The highest BCUT2D eigenvalue weighted by Crippen LogP contribution is 2.61. The third-order valence-corrected chi connectivity index (χ3v) is 11.1. The normalized spacial score (nSPS) is 25.5. The van der Waals surface area contributed by atoms with Crippen LogP contribution in [0.3, 0.4) is 0 Å². The van der Waals surface area contributed by atoms with Gasteiger partial charge < -0.3 is 30.5 Å². The van der Waals surface area contributed by atoms with E-state index in [0.29, 0.717) is 41.1 Å². The third-order valence-electron chi connectivity index (χ3n) is 10.7. The molecule has 1 amide bonds. The van der Waals surface area contributed by atoms with Crippen LogP contribution in [-0.2, 0) is 6.42 Å². The number of aliphatic hydroxyl groups is 4. The van der Waals surface area contributed by atoms with E-state index in [1.165, 1.54) is 17.5 Å². The van der Waals surface area contributed by atoms with Gasteiger partial charge in [0, 0.05) is 23.5 Å². The molecule has 5 N–H and O–H groups in total. The average Bonchev–Trinajstić information content (AvgIpc) is 3.32. The first-order valence-electron chi connectivity index (χ1n) is 16.9. The summed E-state index contributed by atoms with van der Waals surface area (Å²) >= 11 is 3.99. The molecule has 13 heteroatoms. The van der Waals surface area contributed by atoms with Crippen molar-refractivity contribution in [2.45, 2.75) is 120 Å². The third kappa shape index (κ3) is 11.0. The van der Waals surface area contributed by atoms with Crippen molar-refractivity contribution in [3.05, 3.63) is 29.3 Å². The fraction of sp³-hybridized carbons (Fsp3) is 0.794. The Balaban J connectivity index is 0.000000375. The molecule has 4 rings (SSSR count). The Kier molecular flexibility index (Phi) is 15.5. The summed E-state index contributed by atoms with van der Waals surface area (Å²) in [6, 6.07) is 5.75. The van der Waals surface area contributed by atoms with Crippen LogP contribution in [0, 0.1) is 22.7 Å². The van der Waals surface area contributed by atoms with Crippen LogP contribution in [0.2, 0.25) is 10.3 Å². The lowest BCUT2D eigenvalue weighted by Crippen LogP contribution is -2.57. The minimum atomic E-state index is -1.53. The van der Waals surface area contributed by atoms with E-state index in [9.17, 15) is 25.2 Å². The van der Waals surface area contributed by atoms with E-state index in [0.717, 1.165) is 44.9 Å². The smallest absolute Gasteiger partial charge is 0.410 e. The Morgan fingerprint density at radius 2 is 1.62 bits per heavy atom. The predicted molar refractivity (Wildman–Crippen MR) is 197 cm³/mol. The van der Waals surface area contributed by atoms with E-state index in [1.54, 1.807) is 6.07 Å². The van der Waals surface area contributed by atoms with Crippen molar-refractivity contribution < 1.29 is 30.0 Å². The first-order chi connectivity index (χ1) is 21.7. The molecule has 3 aliphatic rings. The highest BCUT2D eigenvalue weighted by molar-refractivity contribution is 7.80. The fourth-order valence-electron chi connectivity index (χ4n) is 6.80. The molecule has 2 fully saturated rings. The Morgan fingerprint density at radius 3 is 2.13 bits per heavy atom. The van der Waals surface area contributed by atoms with Gasteiger partial charge in [-0.3, -0.25) is 0 Å². The van der Waals surface area contributed by atoms with Gasteiger partial charge in [-0.25, -0.2) is 4.79 Å². The maximum atomic E-state index is 12.2. The SMILES string of the molecule is CC12CCC3c4ccc(OC(=O)NC(CO)(CO)CO)cc4CCC3C1CCC2O.CCC(C)(C)C.[B]C([B])([B])C([B])([B])CCCS. The van der Waals surface area contributed by atoms with E-state index in [-0.39, 0.29) is 11.5 Å². The zero-order chi connectivity index (χ0) is 35.8. The van der Waals surface area contributed by atoms with Crippen molar-refractivity contribution in [3.63, 3.8) is 0 Å². The number of amides is 1. The summed E-state index contributed by atoms with van der Waals surface area (Å²) in [7, 11) is 27.1. The van der Waals surface area contributed by atoms with E-state index in [4.69, 9.17) is 44.0 Å². The number of ether oxygens (including phenoxy) is 1. The van der Waals surface area contributed by atoms with Crippen LogP contribution in [0.15, 0.2) is 18.2 Å². The lowest BCUT2D eigenvalue weighted by molar-refractivity contribution is -0.0226. The van der Waals surface area contributed by atoms with Crippen molar-refractivity contribution in [3.8, 4) is 5.75 Å². The second-order valence-electron chi connectivity index (χ2n) is 15.4. The Labute approximate surface area is 296 Å². The minimum Gasteiger partial charge on any atom is -0.410 e. The summed E-state index contributed by atoms with van der Waals surface area (Å²) in [5, 5.41) is 38.2. The van der Waals surface area contributed by atoms with Crippen LogP contribution in [0.5, 0.6) is 5.75 Å². The van der Waals surface area contributed by atoms with Crippen LogP contribution >= 0.6 is 12.6 Å². The van der Waals surface area contributed by atoms with Gasteiger partial charge in [0.05, 0.1) is 41.6 Å². The molecule has 0 aliphatic heterocycles. The molecule has 0 spiro atoms. The molecule has 252 valence electrons. The van der Waals surface area contributed by atoms with Crippen molar-refractivity contribution in [2.24, 2.45) is 22.7 Å². The Bertz CT molecular complexity index is 1130. The Hall–Kier alpha value is -0.995. The summed E-state index contributed by atoms with van der Waals surface area (Å²) < 4.78 is 5.36. The minimum absolute atomic E-state index is 0.0540. The number of rotatable bonds is 9. The monoisotopic (exact) mass is 659 g/mol. The lowest BCUT2D eigenvalue weighted by Gasteiger charge is -2.50. The number of fused-ring (bicyclic) bond motifs is 5. The molecule has 1 aromatic rings. The Morgan fingerprint density at radius 1 is 1.02 bits per heavy atom. The first-order valence-corrected chi connectivity index (χ1v) is 17.5. The number of hydrogen-bond acceptors (Lipinski definition) is 7. The van der Waals surface area contributed by atoms with Crippen LogP contribution in [-0.4, -0.2) is 103 Å². The van der Waals surface area contributed by atoms with Crippen LogP contribution < -0.4 is 10.1 Å². The van der Waals surface area contributed by atoms with Crippen LogP contribution in [0.25, 0.3) is 0 Å². The summed E-state index contributed by atoms with van der Waals surface area (Å²) in [6.45, 7) is 9.40. The predicted octanol–water partition coefficient (Wildman–Crippen LogP) is 3.88. The van der Waals surface area contributed by atoms with Gasteiger partial charge in [0.25, 0.3) is 0 Å². The molecular weight excluding hydrogens is 605 g/mol. The molecule has 0 aromatic heterocycles. The zero-order valence-electron chi connectivity index (χ0n) is 29.2. The summed E-state index contributed by atoms with van der Waals surface area (Å²) in [6.07, 6.45) is 7.62. The molecule has 0 bridgehead atoms. The van der Waals surface area contributed by atoms with Gasteiger partial charge in [0.15, 0.2) is 0 Å². The first kappa shape index (κ1) is 42.2. The van der Waals surface area contributed by atoms with Gasteiger partial charge in [-0.1, -0.05) is 53.5 Å². The van der Waals surface area contributed by atoms with Crippen molar-refractivity contribution in [1.82, 2.24) is 5.32 Å². The lowest BCUT2D eigenvalue weighted by atomic mass is 9.22. The zero-order valence-corrected chi connectivity index (χ0v) is 30.1. The molecule has 5 atom stereocenters. The van der Waals surface area contributed by atoms with E-state index < -0.39 is 41.8 Å². The van der Waals surface area contributed by atoms with Gasteiger partial charge >= 0.3 is 6.09 Å². The number of aryl methyl sites for hydroxylation is 1. The van der Waals surface area contributed by atoms with Gasteiger partial charge in [-0.2, -0.15) is 12.6 Å². The summed E-state index contributed by atoms with van der Waals surface area (Å²) in [4.78, 5) is 12.2. The topological polar surface area (TPSA) is 119 Å². The van der Waals surface area contributed by atoms with Gasteiger partial charge in [0.2, 0.25) is 0 Å². The number of aliphatic hydroxyl groups excluding tert-OH is 4. The van der Waals surface area contributed by atoms with Crippen molar-refractivity contribution in [1.29, 1.82) is 0 Å². The van der Waals surface area contributed by atoms with E-state index in [1.807, 2.05) is 6.07 Å². The molecule has 7 nitrogen and oxygen atoms in total.